The Morgan fingerprint density at radius 2 is 1.46 bits per heavy atom. The molecule has 3 aromatic carbocycles. The van der Waals surface area contributed by atoms with Crippen LogP contribution in [0.15, 0.2) is 84.9 Å². The first-order valence-electron chi connectivity index (χ1n) is 9.69. The van der Waals surface area contributed by atoms with Crippen molar-refractivity contribution in [3.63, 3.8) is 0 Å². The number of hydrogen-bond acceptors (Lipinski definition) is 1. The Balaban J connectivity index is 1.60. The zero-order chi connectivity index (χ0) is 19.4. The Kier molecular flexibility index (Phi) is 5.14. The van der Waals surface area contributed by atoms with E-state index in [1.54, 1.807) is 0 Å². The summed E-state index contributed by atoms with van der Waals surface area (Å²) in [6.45, 7) is 2.21. The van der Waals surface area contributed by atoms with Gasteiger partial charge in [-0.3, -0.25) is 4.79 Å². The Bertz CT molecular complexity index is 995. The molecular weight excluding hydrogens is 358 g/mol. The lowest BCUT2D eigenvalue weighted by atomic mass is 10.1. The van der Waals surface area contributed by atoms with Gasteiger partial charge in [-0.2, -0.15) is 0 Å². The minimum absolute atomic E-state index is 0.0689. The highest BCUT2D eigenvalue weighted by Crippen LogP contribution is 2.30. The molecule has 0 bridgehead atoms. The minimum atomic E-state index is -2.31. The van der Waals surface area contributed by atoms with Gasteiger partial charge in [0.15, 0.2) is 8.07 Å². The first kappa shape index (κ1) is 18.3. The molecule has 28 heavy (non-hydrogen) atoms. The monoisotopic (exact) mass is 381 g/mol. The molecule has 1 unspecified atom stereocenters. The SMILES string of the molecule is C[Si](C#CC(=O)NC1CCc2ccccc21)(c1ccccc1)c1ccccc1. The molecule has 138 valence electrons. The maximum absolute atomic E-state index is 12.7. The van der Waals surface area contributed by atoms with Crippen LogP contribution in [0, 0.1) is 11.5 Å². The molecule has 1 aliphatic carbocycles. The molecule has 0 aromatic heterocycles. The van der Waals surface area contributed by atoms with Crippen LogP contribution >= 0.6 is 0 Å². The summed E-state index contributed by atoms with van der Waals surface area (Å²) in [4.78, 5) is 12.7. The molecule has 1 atom stereocenters. The Hall–Kier alpha value is -3.09. The molecule has 0 saturated heterocycles. The number of benzene rings is 3. The fourth-order valence-electron chi connectivity index (χ4n) is 3.94. The van der Waals surface area contributed by atoms with E-state index in [2.05, 4.69) is 65.8 Å². The van der Waals surface area contributed by atoms with Crippen LogP contribution in [0.1, 0.15) is 23.6 Å². The Morgan fingerprint density at radius 1 is 0.893 bits per heavy atom. The van der Waals surface area contributed by atoms with E-state index in [1.165, 1.54) is 21.5 Å². The van der Waals surface area contributed by atoms with Gasteiger partial charge < -0.3 is 5.32 Å². The van der Waals surface area contributed by atoms with Crippen molar-refractivity contribution in [2.45, 2.75) is 25.4 Å². The third-order valence-corrected chi connectivity index (χ3v) is 9.17. The summed E-state index contributed by atoms with van der Waals surface area (Å²) in [5, 5.41) is 5.55. The molecule has 0 saturated carbocycles. The van der Waals surface area contributed by atoms with E-state index in [-0.39, 0.29) is 11.9 Å². The normalized spacial score (nSPS) is 15.2. The fourth-order valence-corrected chi connectivity index (χ4v) is 6.64. The zero-order valence-corrected chi connectivity index (χ0v) is 17.0. The molecule has 0 fully saturated rings. The predicted octanol–water partition coefficient (Wildman–Crippen LogP) is 3.23. The van der Waals surface area contributed by atoms with Gasteiger partial charge in [-0.15, -0.1) is 5.54 Å². The summed E-state index contributed by atoms with van der Waals surface area (Å²) in [6, 6.07) is 29.1. The van der Waals surface area contributed by atoms with Gasteiger partial charge in [-0.05, 0) is 40.3 Å². The summed E-state index contributed by atoms with van der Waals surface area (Å²) in [6.07, 6.45) is 1.95. The lowest BCUT2D eigenvalue weighted by Gasteiger charge is -2.22. The number of nitrogens with one attached hydrogen (secondary N) is 1. The summed E-state index contributed by atoms with van der Waals surface area (Å²) in [7, 11) is -2.31. The van der Waals surface area contributed by atoms with E-state index in [0.717, 1.165) is 12.8 Å². The summed E-state index contributed by atoms with van der Waals surface area (Å²) < 4.78 is 0. The van der Waals surface area contributed by atoms with Crippen LogP contribution in [-0.4, -0.2) is 14.0 Å². The molecule has 0 aliphatic heterocycles. The molecule has 4 rings (SSSR count). The van der Waals surface area contributed by atoms with Crippen LogP contribution < -0.4 is 15.7 Å². The van der Waals surface area contributed by atoms with E-state index in [4.69, 9.17) is 0 Å². The second-order valence-electron chi connectivity index (χ2n) is 7.37. The van der Waals surface area contributed by atoms with Gasteiger partial charge >= 0.3 is 0 Å². The van der Waals surface area contributed by atoms with Gasteiger partial charge in [0.25, 0.3) is 5.91 Å². The van der Waals surface area contributed by atoms with Crippen molar-refractivity contribution >= 4 is 24.4 Å². The van der Waals surface area contributed by atoms with Gasteiger partial charge in [-0.1, -0.05) is 91.5 Å². The van der Waals surface area contributed by atoms with Gasteiger partial charge in [0.1, 0.15) is 0 Å². The van der Waals surface area contributed by atoms with Crippen molar-refractivity contribution < 1.29 is 4.79 Å². The average molecular weight is 382 g/mol. The van der Waals surface area contributed by atoms with Crippen molar-refractivity contribution in [1.29, 1.82) is 0 Å². The van der Waals surface area contributed by atoms with Crippen molar-refractivity contribution in [3.8, 4) is 11.5 Å². The van der Waals surface area contributed by atoms with E-state index in [1.807, 2.05) is 42.5 Å². The zero-order valence-electron chi connectivity index (χ0n) is 16.0. The maximum atomic E-state index is 12.7. The van der Waals surface area contributed by atoms with Crippen LogP contribution in [0.25, 0.3) is 0 Å². The van der Waals surface area contributed by atoms with Crippen LogP contribution in [0.3, 0.4) is 0 Å². The van der Waals surface area contributed by atoms with Crippen LogP contribution in [0.5, 0.6) is 0 Å². The first-order chi connectivity index (χ1) is 13.7. The average Bonchev–Trinajstić information content (AvgIpc) is 3.16. The molecular formula is C25H23NOSi. The van der Waals surface area contributed by atoms with E-state index in [9.17, 15) is 4.79 Å². The van der Waals surface area contributed by atoms with Gasteiger partial charge in [0.05, 0.1) is 6.04 Å². The van der Waals surface area contributed by atoms with Crippen LogP contribution in [0.2, 0.25) is 6.55 Å². The van der Waals surface area contributed by atoms with Crippen LogP contribution in [0.4, 0.5) is 0 Å². The largest absolute Gasteiger partial charge is 0.338 e. The Labute approximate surface area is 167 Å². The summed E-state index contributed by atoms with van der Waals surface area (Å²) in [5.74, 6) is 2.75. The number of amides is 1. The van der Waals surface area contributed by atoms with Gasteiger partial charge in [0.2, 0.25) is 0 Å². The Morgan fingerprint density at radius 3 is 2.11 bits per heavy atom. The quantitative estimate of drug-likeness (QED) is 0.548. The predicted molar refractivity (Wildman–Crippen MR) is 117 cm³/mol. The summed E-state index contributed by atoms with van der Waals surface area (Å²) >= 11 is 0. The van der Waals surface area contributed by atoms with Crippen molar-refractivity contribution in [2.24, 2.45) is 0 Å². The highest BCUT2D eigenvalue weighted by atomic mass is 28.3. The number of carbonyl (C=O) groups excluding carboxylic acids is 1. The third kappa shape index (κ3) is 3.65. The lowest BCUT2D eigenvalue weighted by molar-refractivity contribution is -0.116. The van der Waals surface area contributed by atoms with Crippen LogP contribution in [-0.2, 0) is 11.2 Å². The minimum Gasteiger partial charge on any atom is -0.338 e. The van der Waals surface area contributed by atoms with E-state index in [0.29, 0.717) is 0 Å². The molecule has 1 N–H and O–H groups in total. The lowest BCUT2D eigenvalue weighted by Crippen LogP contribution is -2.55. The number of hydrogen-bond donors (Lipinski definition) is 1. The first-order valence-corrected chi connectivity index (χ1v) is 12.2. The van der Waals surface area contributed by atoms with Crippen molar-refractivity contribution in [2.75, 3.05) is 0 Å². The highest BCUT2D eigenvalue weighted by molar-refractivity contribution is 7.07. The standard InChI is InChI=1S/C25H23NOSi/c1-28(21-11-4-2-5-12-21,22-13-6-3-7-14-22)19-18-25(27)26-24-17-16-20-10-8-9-15-23(20)24/h2-15,24H,16-17H2,1H3,(H,26,27). The number of fused-ring (bicyclic) bond motifs is 1. The summed E-state index contributed by atoms with van der Waals surface area (Å²) in [5.41, 5.74) is 5.96. The van der Waals surface area contributed by atoms with Crippen molar-refractivity contribution in [3.05, 3.63) is 96.1 Å². The van der Waals surface area contributed by atoms with E-state index < -0.39 is 8.07 Å². The molecule has 3 aromatic rings. The second kappa shape index (κ2) is 7.88. The number of carbonyl (C=O) groups is 1. The molecule has 2 nitrogen and oxygen atoms in total. The maximum Gasteiger partial charge on any atom is 0.295 e. The number of rotatable bonds is 3. The molecule has 3 heteroatoms. The molecule has 0 spiro atoms. The molecule has 1 aliphatic rings. The fraction of sp³-hybridized carbons (Fsp3) is 0.160. The second-order valence-corrected chi connectivity index (χ2v) is 11.0. The smallest absolute Gasteiger partial charge is 0.295 e. The van der Waals surface area contributed by atoms with E-state index >= 15 is 0 Å². The number of aryl methyl sites for hydroxylation is 1. The highest BCUT2D eigenvalue weighted by Gasteiger charge is 2.30. The van der Waals surface area contributed by atoms with Gasteiger partial charge in [0, 0.05) is 0 Å². The van der Waals surface area contributed by atoms with Crippen molar-refractivity contribution in [1.82, 2.24) is 5.32 Å². The molecule has 0 heterocycles. The molecule has 1 amide bonds. The third-order valence-electron chi connectivity index (χ3n) is 5.57. The molecule has 0 radical (unpaired) electrons. The topological polar surface area (TPSA) is 29.1 Å². The van der Waals surface area contributed by atoms with Gasteiger partial charge in [-0.25, -0.2) is 0 Å².